The summed E-state index contributed by atoms with van der Waals surface area (Å²) in [6.07, 6.45) is 3.92. The third kappa shape index (κ3) is 6.19. The average molecular weight is 681 g/mol. The van der Waals surface area contributed by atoms with Crippen molar-refractivity contribution in [2.45, 2.75) is 0 Å². The Labute approximate surface area is 307 Å². The molecule has 6 aromatic carbocycles. The van der Waals surface area contributed by atoms with Crippen molar-refractivity contribution in [3.05, 3.63) is 187 Å². The summed E-state index contributed by atoms with van der Waals surface area (Å²) in [5.41, 5.74) is 15.9. The van der Waals surface area contributed by atoms with Crippen molar-refractivity contribution in [2.24, 2.45) is 5.10 Å². The summed E-state index contributed by atoms with van der Waals surface area (Å²) in [6.45, 7) is 0. The van der Waals surface area contributed by atoms with E-state index < -0.39 is 0 Å². The lowest BCUT2D eigenvalue weighted by Gasteiger charge is -2.21. The zero-order chi connectivity index (χ0) is 35.6. The van der Waals surface area contributed by atoms with Gasteiger partial charge in [-0.3, -0.25) is 10.8 Å². The summed E-state index contributed by atoms with van der Waals surface area (Å²) in [7, 11) is 0. The summed E-state index contributed by atoms with van der Waals surface area (Å²) in [4.78, 5) is 15.3. The second-order valence-corrected chi connectivity index (χ2v) is 12.8. The molecule has 0 saturated heterocycles. The fraction of sp³-hybridized carbons (Fsp3) is 0. The number of nitrogens with zero attached hydrogens (tertiary/aromatic N) is 4. The monoisotopic (exact) mass is 680 g/mol. The molecule has 6 heteroatoms. The van der Waals surface area contributed by atoms with E-state index in [1.54, 1.807) is 0 Å². The Bertz CT molecular complexity index is 2610. The fourth-order valence-electron chi connectivity index (χ4n) is 6.77. The van der Waals surface area contributed by atoms with E-state index in [1.165, 1.54) is 0 Å². The first-order valence-corrected chi connectivity index (χ1v) is 17.5. The number of aromatic nitrogens is 3. The van der Waals surface area contributed by atoms with Gasteiger partial charge in [-0.1, -0.05) is 152 Å². The maximum Gasteiger partial charge on any atom is 0.160 e. The Morgan fingerprint density at radius 3 is 1.72 bits per heavy atom. The van der Waals surface area contributed by atoms with Gasteiger partial charge in [0, 0.05) is 44.3 Å². The molecule has 0 radical (unpaired) electrons. The maximum atomic E-state index is 9.43. The SMILES string of the molecule is N=C1/C(=N\Nc2ccccc2)C=Cc2c(-c3ccccc3)nc3c(-c4ccc(-c5cc(-c6ccccc6)nc(-c6ccccc6)n5)cc4)cccc3c21. The topological polar surface area (TPSA) is 86.9 Å². The number of hydrogen-bond acceptors (Lipinski definition) is 6. The van der Waals surface area contributed by atoms with Crippen LogP contribution < -0.4 is 5.43 Å². The van der Waals surface area contributed by atoms with Crippen LogP contribution in [0.2, 0.25) is 0 Å². The highest BCUT2D eigenvalue weighted by atomic mass is 15.3. The normalized spacial score (nSPS) is 12.9. The predicted octanol–water partition coefficient (Wildman–Crippen LogP) is 11.2. The number of fused-ring (bicyclic) bond motifs is 3. The Balaban J connectivity index is 1.15. The second kappa shape index (κ2) is 13.8. The molecule has 0 amide bonds. The summed E-state index contributed by atoms with van der Waals surface area (Å²) in [5, 5.41) is 15.0. The molecule has 2 aromatic heterocycles. The molecule has 2 heterocycles. The van der Waals surface area contributed by atoms with Crippen molar-refractivity contribution >= 4 is 34.1 Å². The highest BCUT2D eigenvalue weighted by molar-refractivity contribution is 6.55. The first kappa shape index (κ1) is 31.7. The lowest BCUT2D eigenvalue weighted by molar-refractivity contribution is 1.18. The Morgan fingerprint density at radius 1 is 0.491 bits per heavy atom. The van der Waals surface area contributed by atoms with E-state index in [1.807, 2.05) is 115 Å². The molecular formula is C47H32N6. The number of para-hydroxylation sites is 2. The zero-order valence-corrected chi connectivity index (χ0v) is 28.6. The van der Waals surface area contributed by atoms with E-state index in [0.29, 0.717) is 17.2 Å². The van der Waals surface area contributed by atoms with E-state index in [0.717, 1.165) is 78.2 Å². The number of allylic oxidation sites excluding steroid dienone is 1. The number of rotatable bonds is 7. The van der Waals surface area contributed by atoms with Crippen molar-refractivity contribution in [3.8, 4) is 56.3 Å². The van der Waals surface area contributed by atoms with E-state index in [2.05, 4.69) is 77.3 Å². The molecular weight excluding hydrogens is 649 g/mol. The molecule has 53 heavy (non-hydrogen) atoms. The lowest BCUT2D eigenvalue weighted by atomic mass is 9.86. The molecule has 0 atom stereocenters. The van der Waals surface area contributed by atoms with Gasteiger partial charge in [-0.25, -0.2) is 15.0 Å². The molecule has 1 aliphatic carbocycles. The summed E-state index contributed by atoms with van der Waals surface area (Å²) in [5.74, 6) is 0.681. The fourth-order valence-corrected chi connectivity index (χ4v) is 6.77. The van der Waals surface area contributed by atoms with Gasteiger partial charge in [0.15, 0.2) is 5.82 Å². The van der Waals surface area contributed by atoms with Gasteiger partial charge in [-0.05, 0) is 35.9 Å². The van der Waals surface area contributed by atoms with Gasteiger partial charge in [0.05, 0.1) is 34.0 Å². The largest absolute Gasteiger partial charge is 0.298 e. The minimum absolute atomic E-state index is 0.343. The quantitative estimate of drug-likeness (QED) is 0.164. The number of hydrazone groups is 1. The van der Waals surface area contributed by atoms with Crippen LogP contribution in [-0.2, 0) is 0 Å². The predicted molar refractivity (Wildman–Crippen MR) is 218 cm³/mol. The van der Waals surface area contributed by atoms with Crippen LogP contribution in [0.15, 0.2) is 181 Å². The molecule has 0 aliphatic heterocycles. The van der Waals surface area contributed by atoms with Crippen molar-refractivity contribution in [3.63, 3.8) is 0 Å². The average Bonchev–Trinajstić information content (AvgIpc) is 3.24. The smallest absolute Gasteiger partial charge is 0.160 e. The maximum absolute atomic E-state index is 9.43. The Morgan fingerprint density at radius 2 is 1.06 bits per heavy atom. The van der Waals surface area contributed by atoms with Crippen LogP contribution in [0, 0.1) is 5.41 Å². The third-order valence-electron chi connectivity index (χ3n) is 9.41. The number of nitrogens with one attached hydrogen (secondary N) is 2. The molecule has 6 nitrogen and oxygen atoms in total. The van der Waals surface area contributed by atoms with Crippen LogP contribution in [-0.4, -0.2) is 26.4 Å². The zero-order valence-electron chi connectivity index (χ0n) is 28.6. The number of pyridine rings is 1. The molecule has 0 saturated carbocycles. The number of anilines is 1. The van der Waals surface area contributed by atoms with E-state index in [-0.39, 0.29) is 0 Å². The molecule has 1 aliphatic rings. The van der Waals surface area contributed by atoms with Crippen LogP contribution in [0.1, 0.15) is 11.1 Å². The first-order chi connectivity index (χ1) is 26.2. The van der Waals surface area contributed by atoms with Crippen molar-refractivity contribution in [1.29, 1.82) is 5.41 Å². The Kier molecular flexibility index (Phi) is 8.23. The third-order valence-corrected chi connectivity index (χ3v) is 9.41. The van der Waals surface area contributed by atoms with Crippen molar-refractivity contribution in [1.82, 2.24) is 15.0 Å². The minimum atomic E-state index is 0.343. The van der Waals surface area contributed by atoms with Crippen LogP contribution in [0.5, 0.6) is 0 Å². The van der Waals surface area contributed by atoms with E-state index >= 15 is 0 Å². The summed E-state index contributed by atoms with van der Waals surface area (Å²) < 4.78 is 0. The van der Waals surface area contributed by atoms with Crippen LogP contribution in [0.25, 0.3) is 73.3 Å². The minimum Gasteiger partial charge on any atom is -0.298 e. The standard InChI is InChI=1S/C47H32N6/c48-44-40(53-52-36-20-11-4-12-21-36)29-28-39-43(44)38-23-13-22-37(46(38)51-45(39)34-16-7-2-8-17-34)31-24-26-33(27-25-31)42-30-41(32-14-5-1-6-15-32)49-47(50-42)35-18-9-3-10-19-35/h1-30,48,52H/b48-44?,53-40-. The van der Waals surface area contributed by atoms with Gasteiger partial charge in [0.2, 0.25) is 0 Å². The molecule has 0 bridgehead atoms. The molecule has 9 rings (SSSR count). The molecule has 0 unspecified atom stereocenters. The molecule has 2 N–H and O–H groups in total. The van der Waals surface area contributed by atoms with Gasteiger partial charge in [-0.15, -0.1) is 0 Å². The molecule has 0 fully saturated rings. The molecule has 8 aromatic rings. The molecule has 250 valence electrons. The van der Waals surface area contributed by atoms with Gasteiger partial charge in [0.1, 0.15) is 5.71 Å². The van der Waals surface area contributed by atoms with Gasteiger partial charge < -0.3 is 0 Å². The van der Waals surface area contributed by atoms with Crippen molar-refractivity contribution in [2.75, 3.05) is 5.43 Å². The van der Waals surface area contributed by atoms with Crippen LogP contribution >= 0.6 is 0 Å². The Hall–Kier alpha value is -7.31. The van der Waals surface area contributed by atoms with Crippen LogP contribution in [0.3, 0.4) is 0 Å². The van der Waals surface area contributed by atoms with Crippen LogP contribution in [0.4, 0.5) is 5.69 Å². The number of hydrogen-bond donors (Lipinski definition) is 2. The summed E-state index contributed by atoms with van der Waals surface area (Å²) in [6, 6.07) is 57.0. The first-order valence-electron chi connectivity index (χ1n) is 17.5. The highest BCUT2D eigenvalue weighted by Gasteiger charge is 2.25. The van der Waals surface area contributed by atoms with Gasteiger partial charge >= 0.3 is 0 Å². The number of benzene rings is 6. The van der Waals surface area contributed by atoms with E-state index in [9.17, 15) is 5.41 Å². The molecule has 0 spiro atoms. The second-order valence-electron chi connectivity index (χ2n) is 12.8. The summed E-state index contributed by atoms with van der Waals surface area (Å²) >= 11 is 0. The van der Waals surface area contributed by atoms with E-state index in [4.69, 9.17) is 15.0 Å². The van der Waals surface area contributed by atoms with Gasteiger partial charge in [-0.2, -0.15) is 5.10 Å². The van der Waals surface area contributed by atoms with Gasteiger partial charge in [0.25, 0.3) is 0 Å². The highest BCUT2D eigenvalue weighted by Crippen LogP contribution is 2.38. The van der Waals surface area contributed by atoms with Crippen molar-refractivity contribution < 1.29 is 0 Å². The lowest BCUT2D eigenvalue weighted by Crippen LogP contribution is -2.20.